The Kier molecular flexibility index (Phi) is 4.90. The van der Waals surface area contributed by atoms with Gasteiger partial charge in [-0.2, -0.15) is 0 Å². The number of nitrogens with zero attached hydrogens (tertiary/aromatic N) is 2. The third-order valence-electron chi connectivity index (χ3n) is 3.31. The van der Waals surface area contributed by atoms with E-state index in [9.17, 15) is 0 Å². The van der Waals surface area contributed by atoms with Crippen molar-refractivity contribution in [2.24, 2.45) is 0 Å². The van der Waals surface area contributed by atoms with Crippen molar-refractivity contribution in [2.75, 3.05) is 21.3 Å². The smallest absolute Gasteiger partial charge is 0.281 e. The zero-order valence-corrected chi connectivity index (χ0v) is 14.3. The zero-order valence-electron chi connectivity index (χ0n) is 13.5. The largest absolute Gasteiger partial charge is 0.497 e. The molecule has 2 aromatic carbocycles. The minimum Gasteiger partial charge on any atom is -0.497 e. The Morgan fingerprint density at radius 3 is 2.21 bits per heavy atom. The second-order valence-corrected chi connectivity index (χ2v) is 5.74. The Morgan fingerprint density at radius 1 is 0.833 bits per heavy atom. The number of hydrogen-bond donors (Lipinski definition) is 0. The number of hydrogen-bond acceptors (Lipinski definition) is 7. The predicted molar refractivity (Wildman–Crippen MR) is 90.0 cm³/mol. The average Bonchev–Trinajstić information content (AvgIpc) is 3.10. The maximum Gasteiger partial charge on any atom is 0.281 e. The Hall–Kier alpha value is -2.67. The molecule has 6 nitrogen and oxygen atoms in total. The molecular weight excluding hydrogens is 328 g/mol. The van der Waals surface area contributed by atoms with Crippen molar-refractivity contribution >= 4 is 11.8 Å². The van der Waals surface area contributed by atoms with Crippen molar-refractivity contribution in [1.29, 1.82) is 0 Å². The van der Waals surface area contributed by atoms with Crippen LogP contribution in [-0.2, 0) is 0 Å². The van der Waals surface area contributed by atoms with Crippen molar-refractivity contribution in [3.05, 3.63) is 42.5 Å². The average molecular weight is 344 g/mol. The van der Waals surface area contributed by atoms with Gasteiger partial charge in [-0.3, -0.25) is 0 Å². The number of aromatic nitrogens is 2. The van der Waals surface area contributed by atoms with Crippen LogP contribution in [0.2, 0.25) is 0 Å². The van der Waals surface area contributed by atoms with Crippen LogP contribution in [-0.4, -0.2) is 31.5 Å². The van der Waals surface area contributed by atoms with Crippen LogP contribution in [0.3, 0.4) is 0 Å². The third-order valence-corrected chi connectivity index (χ3v) is 4.16. The highest BCUT2D eigenvalue weighted by Gasteiger charge is 2.15. The molecule has 0 atom stereocenters. The lowest BCUT2D eigenvalue weighted by Crippen LogP contribution is -1.90. The van der Waals surface area contributed by atoms with E-state index in [-0.39, 0.29) is 0 Å². The zero-order chi connectivity index (χ0) is 16.9. The fourth-order valence-electron chi connectivity index (χ4n) is 2.09. The number of rotatable bonds is 6. The van der Waals surface area contributed by atoms with E-state index in [1.54, 1.807) is 33.5 Å². The summed E-state index contributed by atoms with van der Waals surface area (Å²) < 4.78 is 21.5. The van der Waals surface area contributed by atoms with E-state index in [0.717, 1.165) is 10.6 Å². The van der Waals surface area contributed by atoms with Gasteiger partial charge < -0.3 is 18.6 Å². The Morgan fingerprint density at radius 2 is 1.54 bits per heavy atom. The molecule has 0 saturated heterocycles. The Balaban J connectivity index is 1.84. The topological polar surface area (TPSA) is 66.6 Å². The molecule has 0 radical (unpaired) electrons. The fraction of sp³-hybridized carbons (Fsp3) is 0.176. The van der Waals surface area contributed by atoms with Crippen molar-refractivity contribution < 1.29 is 18.6 Å². The summed E-state index contributed by atoms with van der Waals surface area (Å²) in [5.74, 6) is 2.50. The molecule has 3 aromatic rings. The lowest BCUT2D eigenvalue weighted by molar-refractivity contribution is 0.401. The molecule has 3 rings (SSSR count). The van der Waals surface area contributed by atoms with Crippen LogP contribution in [0.25, 0.3) is 11.5 Å². The van der Waals surface area contributed by atoms with Gasteiger partial charge >= 0.3 is 0 Å². The fourth-order valence-corrected chi connectivity index (χ4v) is 2.76. The van der Waals surface area contributed by atoms with E-state index in [1.165, 1.54) is 11.8 Å². The first-order chi connectivity index (χ1) is 11.7. The standard InChI is InChI=1S/C17H16N2O4S/c1-20-11-4-7-13(8-5-11)24-17-19-18-16(23-17)14-10-12(21-2)6-9-15(14)22-3/h4-10H,1-3H3. The molecule has 0 unspecified atom stereocenters. The van der Waals surface area contributed by atoms with Crippen LogP contribution in [0.5, 0.6) is 17.2 Å². The summed E-state index contributed by atoms with van der Waals surface area (Å²) in [5, 5.41) is 8.63. The van der Waals surface area contributed by atoms with Gasteiger partial charge in [0.1, 0.15) is 17.2 Å². The van der Waals surface area contributed by atoms with Gasteiger partial charge in [-0.1, -0.05) is 0 Å². The minimum atomic E-state index is 0.377. The van der Waals surface area contributed by atoms with Gasteiger partial charge in [-0.05, 0) is 54.2 Å². The van der Waals surface area contributed by atoms with E-state index in [1.807, 2.05) is 30.3 Å². The molecule has 0 bridgehead atoms. The van der Waals surface area contributed by atoms with Crippen molar-refractivity contribution in [3.8, 4) is 28.7 Å². The predicted octanol–water partition coefficient (Wildman–Crippen LogP) is 3.91. The highest BCUT2D eigenvalue weighted by molar-refractivity contribution is 7.99. The van der Waals surface area contributed by atoms with Crippen LogP contribution in [0.4, 0.5) is 0 Å². The molecule has 0 fully saturated rings. The highest BCUT2D eigenvalue weighted by atomic mass is 32.2. The van der Waals surface area contributed by atoms with Crippen LogP contribution in [0, 0.1) is 0 Å². The van der Waals surface area contributed by atoms with Crippen LogP contribution >= 0.6 is 11.8 Å². The monoisotopic (exact) mass is 344 g/mol. The minimum absolute atomic E-state index is 0.377. The molecule has 7 heteroatoms. The normalized spacial score (nSPS) is 10.5. The van der Waals surface area contributed by atoms with E-state index in [2.05, 4.69) is 10.2 Å². The number of ether oxygens (including phenoxy) is 3. The second kappa shape index (κ2) is 7.27. The molecule has 1 aromatic heterocycles. The summed E-state index contributed by atoms with van der Waals surface area (Å²) in [6.45, 7) is 0. The molecule has 124 valence electrons. The maximum absolute atomic E-state index is 5.75. The molecule has 0 aliphatic heterocycles. The van der Waals surface area contributed by atoms with Crippen molar-refractivity contribution in [2.45, 2.75) is 10.1 Å². The lowest BCUT2D eigenvalue weighted by atomic mass is 10.2. The van der Waals surface area contributed by atoms with E-state index < -0.39 is 0 Å². The molecule has 0 spiro atoms. The van der Waals surface area contributed by atoms with Crippen LogP contribution in [0.1, 0.15) is 0 Å². The summed E-state index contributed by atoms with van der Waals surface area (Å²) in [6, 6.07) is 13.0. The summed E-state index contributed by atoms with van der Waals surface area (Å²) >= 11 is 1.38. The molecule has 0 aliphatic rings. The molecule has 1 heterocycles. The first-order valence-corrected chi connectivity index (χ1v) is 7.93. The van der Waals surface area contributed by atoms with Crippen LogP contribution < -0.4 is 14.2 Å². The summed E-state index contributed by atoms with van der Waals surface area (Å²) in [7, 11) is 4.83. The van der Waals surface area contributed by atoms with Gasteiger partial charge in [0.15, 0.2) is 0 Å². The van der Waals surface area contributed by atoms with Gasteiger partial charge in [-0.15, -0.1) is 10.2 Å². The molecule has 0 saturated carbocycles. The molecule has 0 N–H and O–H groups in total. The third kappa shape index (κ3) is 3.46. The second-order valence-electron chi connectivity index (χ2n) is 4.72. The summed E-state index contributed by atoms with van der Waals surface area (Å²) in [5.41, 5.74) is 0.686. The van der Waals surface area contributed by atoms with Gasteiger partial charge in [-0.25, -0.2) is 0 Å². The Bertz CT molecular complexity index is 818. The van der Waals surface area contributed by atoms with Gasteiger partial charge in [0.05, 0.1) is 26.9 Å². The van der Waals surface area contributed by atoms with Gasteiger partial charge in [0.25, 0.3) is 11.1 Å². The molecular formula is C17H16N2O4S. The Labute approximate surface area is 143 Å². The van der Waals surface area contributed by atoms with Crippen molar-refractivity contribution in [1.82, 2.24) is 10.2 Å². The lowest BCUT2D eigenvalue weighted by Gasteiger charge is -2.07. The van der Waals surface area contributed by atoms with Crippen LogP contribution in [0.15, 0.2) is 57.0 Å². The van der Waals surface area contributed by atoms with Gasteiger partial charge in [0.2, 0.25) is 0 Å². The number of methoxy groups -OCH3 is 3. The van der Waals surface area contributed by atoms with E-state index in [0.29, 0.717) is 28.2 Å². The van der Waals surface area contributed by atoms with E-state index >= 15 is 0 Å². The molecule has 24 heavy (non-hydrogen) atoms. The summed E-state index contributed by atoms with van der Waals surface area (Å²) in [4.78, 5) is 0.976. The summed E-state index contributed by atoms with van der Waals surface area (Å²) in [6.07, 6.45) is 0. The molecule has 0 amide bonds. The maximum atomic E-state index is 5.75. The highest BCUT2D eigenvalue weighted by Crippen LogP contribution is 2.35. The van der Waals surface area contributed by atoms with E-state index in [4.69, 9.17) is 18.6 Å². The quantitative estimate of drug-likeness (QED) is 0.671. The number of benzene rings is 2. The first-order valence-electron chi connectivity index (χ1n) is 7.11. The first kappa shape index (κ1) is 16.2. The molecule has 0 aliphatic carbocycles. The SMILES string of the molecule is COc1ccc(Sc2nnc(-c3cc(OC)ccc3OC)o2)cc1. The van der Waals surface area contributed by atoms with Crippen molar-refractivity contribution in [3.63, 3.8) is 0 Å². The van der Waals surface area contributed by atoms with Gasteiger partial charge in [0, 0.05) is 4.90 Å².